The number of halogens is 1. The zero-order chi connectivity index (χ0) is 9.42. The van der Waals surface area contributed by atoms with E-state index in [2.05, 4.69) is 4.98 Å². The van der Waals surface area contributed by atoms with Crippen molar-refractivity contribution in [2.24, 2.45) is 7.05 Å². The molecule has 0 N–H and O–H groups in total. The molecule has 0 fully saturated rings. The molecule has 13 heavy (non-hydrogen) atoms. The minimum Gasteiger partial charge on any atom is -0.325 e. The molecular weight excluding hydrogens is 171 g/mol. The number of aldehydes is 1. The van der Waals surface area contributed by atoms with E-state index in [1.54, 1.807) is 17.7 Å². The molecule has 66 valence electrons. The van der Waals surface area contributed by atoms with Gasteiger partial charge in [0.15, 0.2) is 12.1 Å². The molecule has 4 heteroatoms. The van der Waals surface area contributed by atoms with E-state index >= 15 is 0 Å². The summed E-state index contributed by atoms with van der Waals surface area (Å²) in [6.07, 6.45) is 0.651. The lowest BCUT2D eigenvalue weighted by molar-refractivity contribution is 0.111. The molecule has 0 bridgehead atoms. The van der Waals surface area contributed by atoms with Gasteiger partial charge in [-0.05, 0) is 12.1 Å². The zero-order valence-corrected chi connectivity index (χ0v) is 6.99. The lowest BCUT2D eigenvalue weighted by Crippen LogP contribution is -1.94. The average molecular weight is 178 g/mol. The molecule has 0 saturated heterocycles. The molecule has 3 nitrogen and oxygen atoms in total. The number of carbonyl (C=O) groups is 1. The van der Waals surface area contributed by atoms with Crippen molar-refractivity contribution in [3.05, 3.63) is 29.8 Å². The monoisotopic (exact) mass is 178 g/mol. The summed E-state index contributed by atoms with van der Waals surface area (Å²) < 4.78 is 14.4. The predicted octanol–water partition coefficient (Wildman–Crippen LogP) is 1.52. The second kappa shape index (κ2) is 2.65. The van der Waals surface area contributed by atoms with Crippen LogP contribution in [-0.4, -0.2) is 15.8 Å². The largest absolute Gasteiger partial charge is 0.325 e. The van der Waals surface area contributed by atoms with E-state index in [0.717, 1.165) is 5.52 Å². The molecule has 1 aromatic heterocycles. The van der Waals surface area contributed by atoms with Crippen LogP contribution in [0.2, 0.25) is 0 Å². The number of rotatable bonds is 1. The molecule has 0 spiro atoms. The van der Waals surface area contributed by atoms with Gasteiger partial charge in [0, 0.05) is 13.1 Å². The van der Waals surface area contributed by atoms with Crippen LogP contribution >= 0.6 is 0 Å². The first-order valence-corrected chi connectivity index (χ1v) is 3.79. The highest BCUT2D eigenvalue weighted by Crippen LogP contribution is 2.14. The Morgan fingerprint density at radius 2 is 2.31 bits per heavy atom. The molecule has 1 aromatic carbocycles. The normalized spacial score (nSPS) is 10.6. The van der Waals surface area contributed by atoms with E-state index in [9.17, 15) is 9.18 Å². The van der Waals surface area contributed by atoms with Crippen molar-refractivity contribution in [3.8, 4) is 0 Å². The minimum atomic E-state index is -0.344. The highest BCUT2D eigenvalue weighted by molar-refractivity contribution is 5.82. The summed E-state index contributed by atoms with van der Waals surface area (Å²) in [6, 6.07) is 4.26. The third kappa shape index (κ3) is 1.11. The van der Waals surface area contributed by atoms with E-state index in [0.29, 0.717) is 17.6 Å². The fraction of sp³-hybridized carbons (Fsp3) is 0.111. The van der Waals surface area contributed by atoms with Crippen molar-refractivity contribution in [2.75, 3.05) is 0 Å². The Bertz CT molecular complexity index is 476. The van der Waals surface area contributed by atoms with Gasteiger partial charge in [0.05, 0.1) is 11.0 Å². The van der Waals surface area contributed by atoms with Crippen molar-refractivity contribution in [2.45, 2.75) is 0 Å². The van der Waals surface area contributed by atoms with Crippen molar-refractivity contribution >= 4 is 17.3 Å². The quantitative estimate of drug-likeness (QED) is 0.620. The summed E-state index contributed by atoms with van der Waals surface area (Å²) in [7, 11) is 1.72. The lowest BCUT2D eigenvalue weighted by atomic mass is 10.3. The molecule has 0 radical (unpaired) electrons. The topological polar surface area (TPSA) is 34.9 Å². The van der Waals surface area contributed by atoms with Crippen molar-refractivity contribution in [1.82, 2.24) is 9.55 Å². The Kier molecular flexibility index (Phi) is 1.62. The maximum absolute atomic E-state index is 12.7. The zero-order valence-electron chi connectivity index (χ0n) is 6.99. The summed E-state index contributed by atoms with van der Waals surface area (Å²) in [4.78, 5) is 14.5. The van der Waals surface area contributed by atoms with E-state index in [1.807, 2.05) is 0 Å². The standard InChI is InChI=1S/C9H7FN2O/c1-12-8-3-2-6(10)4-7(8)11-9(12)5-13/h2-5H,1H3. The molecule has 0 amide bonds. The number of fused-ring (bicyclic) bond motifs is 1. The fourth-order valence-corrected chi connectivity index (χ4v) is 1.30. The maximum Gasteiger partial charge on any atom is 0.185 e. The molecule has 0 aliphatic carbocycles. The molecule has 0 unspecified atom stereocenters. The number of aromatic nitrogens is 2. The SMILES string of the molecule is Cn1c(C=O)nc2cc(F)ccc21. The number of benzene rings is 1. The number of carbonyl (C=O) groups excluding carboxylic acids is 1. The smallest absolute Gasteiger partial charge is 0.185 e. The van der Waals surface area contributed by atoms with Crippen LogP contribution in [0.4, 0.5) is 4.39 Å². The van der Waals surface area contributed by atoms with Crippen LogP contribution in [0.1, 0.15) is 10.6 Å². The van der Waals surface area contributed by atoms with Gasteiger partial charge in [0.2, 0.25) is 0 Å². The molecule has 1 heterocycles. The third-order valence-electron chi connectivity index (χ3n) is 1.98. The second-order valence-corrected chi connectivity index (χ2v) is 2.78. The molecule has 0 aliphatic rings. The van der Waals surface area contributed by atoms with Crippen molar-refractivity contribution in [3.63, 3.8) is 0 Å². The van der Waals surface area contributed by atoms with Gasteiger partial charge >= 0.3 is 0 Å². The van der Waals surface area contributed by atoms with E-state index in [1.165, 1.54) is 12.1 Å². The highest BCUT2D eigenvalue weighted by Gasteiger charge is 2.06. The molecule has 2 aromatic rings. The molecule has 0 saturated carbocycles. The van der Waals surface area contributed by atoms with Gasteiger partial charge in [-0.3, -0.25) is 4.79 Å². The van der Waals surface area contributed by atoms with Crippen LogP contribution in [0, 0.1) is 5.82 Å². The Morgan fingerprint density at radius 3 is 3.00 bits per heavy atom. The summed E-state index contributed by atoms with van der Waals surface area (Å²) in [5.74, 6) is -0.0383. The van der Waals surface area contributed by atoms with E-state index in [-0.39, 0.29) is 5.82 Å². The average Bonchev–Trinajstić information content (AvgIpc) is 2.42. The maximum atomic E-state index is 12.7. The van der Waals surface area contributed by atoms with Crippen LogP contribution in [0.3, 0.4) is 0 Å². The first-order chi connectivity index (χ1) is 6.22. The second-order valence-electron chi connectivity index (χ2n) is 2.78. The van der Waals surface area contributed by atoms with Gasteiger partial charge in [-0.2, -0.15) is 0 Å². The minimum absolute atomic E-state index is 0.306. The summed E-state index contributed by atoms with van der Waals surface area (Å²) >= 11 is 0. The molecule has 2 rings (SSSR count). The van der Waals surface area contributed by atoms with Gasteiger partial charge in [0.1, 0.15) is 5.82 Å². The Labute approximate surface area is 73.8 Å². The number of nitrogens with zero attached hydrogens (tertiary/aromatic N) is 2. The van der Waals surface area contributed by atoms with Crippen molar-refractivity contribution < 1.29 is 9.18 Å². The van der Waals surface area contributed by atoms with E-state index < -0.39 is 0 Å². The third-order valence-corrected chi connectivity index (χ3v) is 1.98. The number of hydrogen-bond donors (Lipinski definition) is 0. The predicted molar refractivity (Wildman–Crippen MR) is 46.1 cm³/mol. The van der Waals surface area contributed by atoms with Gasteiger partial charge in [-0.25, -0.2) is 9.37 Å². The summed E-state index contributed by atoms with van der Waals surface area (Å²) in [5.41, 5.74) is 1.26. The number of aryl methyl sites for hydroxylation is 1. The Morgan fingerprint density at radius 1 is 1.54 bits per heavy atom. The van der Waals surface area contributed by atoms with Crippen LogP contribution in [-0.2, 0) is 7.05 Å². The summed E-state index contributed by atoms with van der Waals surface area (Å²) in [5, 5.41) is 0. The van der Waals surface area contributed by atoms with Crippen LogP contribution in [0.15, 0.2) is 18.2 Å². The van der Waals surface area contributed by atoms with Gasteiger partial charge < -0.3 is 4.57 Å². The van der Waals surface area contributed by atoms with E-state index in [4.69, 9.17) is 0 Å². The van der Waals surface area contributed by atoms with Crippen molar-refractivity contribution in [1.29, 1.82) is 0 Å². The van der Waals surface area contributed by atoms with Crippen LogP contribution < -0.4 is 0 Å². The number of hydrogen-bond acceptors (Lipinski definition) is 2. The van der Waals surface area contributed by atoms with Gasteiger partial charge in [-0.15, -0.1) is 0 Å². The fourth-order valence-electron chi connectivity index (χ4n) is 1.30. The first-order valence-electron chi connectivity index (χ1n) is 3.79. The Hall–Kier alpha value is -1.71. The van der Waals surface area contributed by atoms with Gasteiger partial charge in [-0.1, -0.05) is 0 Å². The summed E-state index contributed by atoms with van der Waals surface area (Å²) in [6.45, 7) is 0. The first kappa shape index (κ1) is 7.91. The molecular formula is C9H7FN2O. The van der Waals surface area contributed by atoms with Gasteiger partial charge in [0.25, 0.3) is 0 Å². The lowest BCUT2D eigenvalue weighted by Gasteiger charge is -1.94. The molecule has 0 atom stereocenters. The molecule has 0 aliphatic heterocycles. The number of imidazole rings is 1. The highest BCUT2D eigenvalue weighted by atomic mass is 19.1. The van der Waals surface area contributed by atoms with Crippen LogP contribution in [0.25, 0.3) is 11.0 Å². The van der Waals surface area contributed by atoms with Crippen LogP contribution in [0.5, 0.6) is 0 Å². The Balaban J connectivity index is 2.83.